The van der Waals surface area contributed by atoms with E-state index in [9.17, 15) is 9.18 Å². The highest BCUT2D eigenvalue weighted by molar-refractivity contribution is 5.92. The lowest BCUT2D eigenvalue weighted by Crippen LogP contribution is -2.26. The Bertz CT molecular complexity index is 930. The summed E-state index contributed by atoms with van der Waals surface area (Å²) in [5.41, 5.74) is 3.67. The molecule has 5 heteroatoms. The number of nitrogens with zero attached hydrogens (tertiary/aromatic N) is 2. The number of benzene rings is 1. The van der Waals surface area contributed by atoms with E-state index in [4.69, 9.17) is 0 Å². The molecule has 3 rings (SSSR count). The fraction of sp³-hybridized carbons (Fsp3) is 0.136. The van der Waals surface area contributed by atoms with Crippen LogP contribution in [-0.4, -0.2) is 15.9 Å². The van der Waals surface area contributed by atoms with E-state index in [2.05, 4.69) is 15.3 Å². The lowest BCUT2D eigenvalue weighted by atomic mass is 9.99. The number of nitrogens with one attached hydrogen (secondary N) is 1. The maximum absolute atomic E-state index is 13.0. The van der Waals surface area contributed by atoms with Crippen molar-refractivity contribution >= 4 is 12.0 Å². The van der Waals surface area contributed by atoms with E-state index in [0.717, 1.165) is 28.7 Å². The summed E-state index contributed by atoms with van der Waals surface area (Å²) in [5.74, 6) is -0.665. The van der Waals surface area contributed by atoms with Crippen molar-refractivity contribution < 1.29 is 10.6 Å². The van der Waals surface area contributed by atoms with Gasteiger partial charge in [0.25, 0.3) is 0 Å². The normalized spacial score (nSPS) is 12.1. The van der Waals surface area contributed by atoms with Crippen LogP contribution < -0.4 is 5.32 Å². The van der Waals surface area contributed by atoms with Gasteiger partial charge in [0, 0.05) is 31.7 Å². The summed E-state index contributed by atoms with van der Waals surface area (Å²) in [6.45, 7) is 2.02. The van der Waals surface area contributed by atoms with Crippen LogP contribution in [0.25, 0.3) is 17.2 Å². The highest BCUT2D eigenvalue weighted by Gasteiger charge is 2.12. The van der Waals surface area contributed by atoms with Crippen LogP contribution in [0.1, 0.15) is 31.9 Å². The first-order valence-corrected chi connectivity index (χ1v) is 8.76. The van der Waals surface area contributed by atoms with Crippen molar-refractivity contribution in [2.75, 3.05) is 0 Å². The largest absolute Gasteiger partial charge is 0.346 e. The van der Waals surface area contributed by atoms with E-state index in [1.807, 2.05) is 43.3 Å². The summed E-state index contributed by atoms with van der Waals surface area (Å²) >= 11 is 0. The SMILES string of the molecule is CCC(NC(=O)/C=C/c1ccncc1)c1cccc(-c2ccc(F)nc2)c1.[HH]. The molecule has 27 heavy (non-hydrogen) atoms. The Morgan fingerprint density at radius 3 is 2.70 bits per heavy atom. The topological polar surface area (TPSA) is 54.9 Å². The van der Waals surface area contributed by atoms with Crippen LogP contribution in [0.15, 0.2) is 73.2 Å². The fourth-order valence-electron chi connectivity index (χ4n) is 2.77. The third kappa shape index (κ3) is 5.07. The molecule has 0 aliphatic heterocycles. The molecule has 1 aromatic carbocycles. The van der Waals surface area contributed by atoms with Gasteiger partial charge in [-0.1, -0.05) is 25.1 Å². The number of aromatic nitrogens is 2. The number of hydrogen-bond donors (Lipinski definition) is 1. The fourth-order valence-corrected chi connectivity index (χ4v) is 2.77. The van der Waals surface area contributed by atoms with Crippen LogP contribution in [-0.2, 0) is 4.79 Å². The van der Waals surface area contributed by atoms with Gasteiger partial charge in [-0.05, 0) is 59.5 Å². The molecule has 1 amide bonds. The summed E-state index contributed by atoms with van der Waals surface area (Å²) < 4.78 is 13.0. The Labute approximate surface area is 159 Å². The van der Waals surface area contributed by atoms with E-state index in [1.165, 1.54) is 18.3 Å². The zero-order chi connectivity index (χ0) is 19.1. The van der Waals surface area contributed by atoms with E-state index >= 15 is 0 Å². The molecule has 0 aliphatic rings. The maximum Gasteiger partial charge on any atom is 0.244 e. The number of rotatable bonds is 6. The van der Waals surface area contributed by atoms with Crippen LogP contribution in [0.4, 0.5) is 4.39 Å². The van der Waals surface area contributed by atoms with Crippen molar-refractivity contribution in [2.45, 2.75) is 19.4 Å². The van der Waals surface area contributed by atoms with Crippen LogP contribution >= 0.6 is 0 Å². The van der Waals surface area contributed by atoms with Crippen molar-refractivity contribution in [3.05, 3.63) is 90.3 Å². The molecule has 138 valence electrons. The third-order valence-corrected chi connectivity index (χ3v) is 4.21. The molecule has 0 saturated heterocycles. The van der Waals surface area contributed by atoms with Crippen LogP contribution in [0.5, 0.6) is 0 Å². The second-order valence-corrected chi connectivity index (χ2v) is 6.08. The van der Waals surface area contributed by atoms with Gasteiger partial charge in [-0.15, -0.1) is 0 Å². The molecule has 2 aromatic heterocycles. The second-order valence-electron chi connectivity index (χ2n) is 6.08. The summed E-state index contributed by atoms with van der Waals surface area (Å²) in [6.07, 6.45) is 8.89. The van der Waals surface area contributed by atoms with Crippen LogP contribution in [0.3, 0.4) is 0 Å². The summed E-state index contributed by atoms with van der Waals surface area (Å²) in [6, 6.07) is 14.4. The predicted molar refractivity (Wildman–Crippen MR) is 106 cm³/mol. The Balaban J connectivity index is 0.00000280. The summed E-state index contributed by atoms with van der Waals surface area (Å²) in [7, 11) is 0. The van der Waals surface area contributed by atoms with Gasteiger partial charge in [0.2, 0.25) is 11.9 Å². The van der Waals surface area contributed by atoms with Gasteiger partial charge in [0.15, 0.2) is 0 Å². The quantitative estimate of drug-likeness (QED) is 0.505. The number of carbonyl (C=O) groups is 1. The molecule has 1 N–H and O–H groups in total. The van der Waals surface area contributed by atoms with Crippen molar-refractivity contribution in [1.82, 2.24) is 15.3 Å². The standard InChI is InChI=1S/C22H20FN3O.H2/c1-2-20(26-22(27)9-6-16-10-12-24-13-11-16)18-5-3-4-17(14-18)19-7-8-21(23)25-15-19;/h3-15,20H,2H2,1H3,(H,26,27);1H/b9-6+;. The van der Waals surface area contributed by atoms with E-state index in [-0.39, 0.29) is 13.4 Å². The average molecular weight is 363 g/mol. The number of hydrogen-bond acceptors (Lipinski definition) is 3. The lowest BCUT2D eigenvalue weighted by molar-refractivity contribution is -0.117. The van der Waals surface area contributed by atoms with E-state index in [0.29, 0.717) is 0 Å². The van der Waals surface area contributed by atoms with Crippen molar-refractivity contribution in [1.29, 1.82) is 0 Å². The Morgan fingerprint density at radius 2 is 2.00 bits per heavy atom. The number of amides is 1. The molecule has 4 nitrogen and oxygen atoms in total. The molecular formula is C22H22FN3O. The summed E-state index contributed by atoms with van der Waals surface area (Å²) in [4.78, 5) is 19.9. The monoisotopic (exact) mass is 363 g/mol. The Kier molecular flexibility index (Phi) is 6.05. The van der Waals surface area contributed by atoms with Crippen LogP contribution in [0.2, 0.25) is 0 Å². The maximum atomic E-state index is 13.0. The van der Waals surface area contributed by atoms with Gasteiger partial charge < -0.3 is 5.32 Å². The molecule has 0 saturated carbocycles. The van der Waals surface area contributed by atoms with Crippen molar-refractivity contribution in [3.63, 3.8) is 0 Å². The molecule has 0 radical (unpaired) electrons. The van der Waals surface area contributed by atoms with Gasteiger partial charge >= 0.3 is 0 Å². The van der Waals surface area contributed by atoms with Gasteiger partial charge in [-0.3, -0.25) is 9.78 Å². The number of carbonyl (C=O) groups excluding carboxylic acids is 1. The van der Waals surface area contributed by atoms with Gasteiger partial charge in [-0.25, -0.2) is 4.98 Å². The second kappa shape index (κ2) is 8.85. The molecule has 0 aliphatic carbocycles. The Morgan fingerprint density at radius 1 is 1.19 bits per heavy atom. The number of halogens is 1. The highest BCUT2D eigenvalue weighted by atomic mass is 19.1. The smallest absolute Gasteiger partial charge is 0.244 e. The van der Waals surface area contributed by atoms with Gasteiger partial charge in [-0.2, -0.15) is 4.39 Å². The molecule has 0 bridgehead atoms. The molecule has 1 atom stereocenters. The van der Waals surface area contributed by atoms with E-state index < -0.39 is 5.95 Å². The molecule has 0 spiro atoms. The first-order valence-electron chi connectivity index (χ1n) is 8.76. The highest BCUT2D eigenvalue weighted by Crippen LogP contribution is 2.24. The first-order chi connectivity index (χ1) is 13.2. The first kappa shape index (κ1) is 18.5. The zero-order valence-corrected chi connectivity index (χ0v) is 15.0. The van der Waals surface area contributed by atoms with Gasteiger partial charge in [0.05, 0.1) is 6.04 Å². The molecule has 3 aromatic rings. The van der Waals surface area contributed by atoms with Crippen molar-refractivity contribution in [2.24, 2.45) is 0 Å². The number of pyridine rings is 2. The third-order valence-electron chi connectivity index (χ3n) is 4.21. The van der Waals surface area contributed by atoms with E-state index in [1.54, 1.807) is 24.5 Å². The molecule has 2 heterocycles. The minimum atomic E-state index is -0.505. The summed E-state index contributed by atoms with van der Waals surface area (Å²) in [5, 5.41) is 3.02. The predicted octanol–water partition coefficient (Wildman–Crippen LogP) is 4.81. The minimum Gasteiger partial charge on any atom is -0.346 e. The van der Waals surface area contributed by atoms with Gasteiger partial charge in [0.1, 0.15) is 0 Å². The average Bonchev–Trinajstić information content (AvgIpc) is 2.72. The zero-order valence-electron chi connectivity index (χ0n) is 15.0. The van der Waals surface area contributed by atoms with Crippen molar-refractivity contribution in [3.8, 4) is 11.1 Å². The molecule has 0 fully saturated rings. The lowest BCUT2D eigenvalue weighted by Gasteiger charge is -2.17. The minimum absolute atomic E-state index is 0. The Hall–Kier alpha value is -3.34. The molecular weight excluding hydrogens is 341 g/mol. The molecule has 1 unspecified atom stereocenters. The van der Waals surface area contributed by atoms with Crippen LogP contribution in [0, 0.1) is 5.95 Å².